The summed E-state index contributed by atoms with van der Waals surface area (Å²) in [6, 6.07) is 19.1. The number of carbonyl (C=O) groups is 2. The van der Waals surface area contributed by atoms with Gasteiger partial charge in [-0.1, -0.05) is 60.7 Å². The third-order valence-corrected chi connectivity index (χ3v) is 7.22. The van der Waals surface area contributed by atoms with Crippen molar-refractivity contribution in [1.82, 2.24) is 4.90 Å². The van der Waals surface area contributed by atoms with E-state index in [0.29, 0.717) is 13.0 Å². The summed E-state index contributed by atoms with van der Waals surface area (Å²) in [4.78, 5) is 29.7. The minimum absolute atomic E-state index is 0.254. The van der Waals surface area contributed by atoms with Crippen LogP contribution in [0, 0.1) is 17.3 Å². The molecule has 2 saturated heterocycles. The Hall–Kier alpha value is -2.70. The molecule has 5 atom stereocenters. The van der Waals surface area contributed by atoms with Crippen molar-refractivity contribution >= 4 is 11.9 Å². The summed E-state index contributed by atoms with van der Waals surface area (Å²) in [7, 11) is 0. The number of aliphatic hydroxyl groups is 1. The van der Waals surface area contributed by atoms with Gasteiger partial charge in [-0.05, 0) is 32.8 Å². The van der Waals surface area contributed by atoms with Crippen LogP contribution < -0.4 is 0 Å². The van der Waals surface area contributed by atoms with Crippen molar-refractivity contribution in [2.75, 3.05) is 13.2 Å². The van der Waals surface area contributed by atoms with Crippen LogP contribution in [0.3, 0.4) is 0 Å². The van der Waals surface area contributed by atoms with E-state index in [4.69, 9.17) is 9.47 Å². The van der Waals surface area contributed by atoms with Gasteiger partial charge in [0.25, 0.3) is 0 Å². The lowest BCUT2D eigenvalue weighted by molar-refractivity contribution is -0.207. The van der Waals surface area contributed by atoms with Crippen LogP contribution in [0.15, 0.2) is 60.7 Å². The van der Waals surface area contributed by atoms with E-state index < -0.39 is 34.5 Å². The standard InChI is InChI=1S/C26H29NO5/c1-24(2,3)32-23(30)25-19(15-28)14-21(25)26(18-12-8-5-9-13-18)27(22(25)29)20(16-31-26)17-10-6-4-7-11-17/h4-13,19-21,28H,14-16H2,1-3H3/t19-,20+,21+,25+,26+/m0/s1. The van der Waals surface area contributed by atoms with E-state index in [9.17, 15) is 14.7 Å². The summed E-state index contributed by atoms with van der Waals surface area (Å²) >= 11 is 0. The summed E-state index contributed by atoms with van der Waals surface area (Å²) in [5.41, 5.74) is -1.47. The van der Waals surface area contributed by atoms with Crippen LogP contribution in [0.1, 0.15) is 44.4 Å². The average Bonchev–Trinajstić information content (AvgIpc) is 3.21. The molecule has 0 aromatic heterocycles. The molecule has 3 fully saturated rings. The Bertz CT molecular complexity index is 1030. The maximum atomic E-state index is 14.3. The largest absolute Gasteiger partial charge is 0.459 e. The monoisotopic (exact) mass is 435 g/mol. The molecule has 1 aliphatic carbocycles. The third-order valence-electron chi connectivity index (χ3n) is 7.22. The van der Waals surface area contributed by atoms with Gasteiger partial charge in [0.2, 0.25) is 5.91 Å². The minimum atomic E-state index is -1.45. The predicted octanol–water partition coefficient (Wildman–Crippen LogP) is 3.41. The van der Waals surface area contributed by atoms with Crippen molar-refractivity contribution in [3.8, 4) is 0 Å². The molecule has 168 valence electrons. The Morgan fingerprint density at radius 2 is 1.75 bits per heavy atom. The molecule has 32 heavy (non-hydrogen) atoms. The third kappa shape index (κ3) is 2.66. The quantitative estimate of drug-likeness (QED) is 0.588. The Morgan fingerprint density at radius 3 is 2.34 bits per heavy atom. The number of ether oxygens (including phenoxy) is 2. The summed E-state index contributed by atoms with van der Waals surface area (Å²) < 4.78 is 12.3. The van der Waals surface area contributed by atoms with Crippen LogP contribution in [0.25, 0.3) is 0 Å². The number of rotatable bonds is 4. The number of amides is 1. The zero-order chi connectivity index (χ0) is 22.7. The summed E-state index contributed by atoms with van der Waals surface area (Å²) in [5, 5.41) is 10.1. The molecule has 2 aromatic rings. The first-order valence-electron chi connectivity index (χ1n) is 11.2. The summed E-state index contributed by atoms with van der Waals surface area (Å²) in [6.07, 6.45) is 0.508. The molecule has 2 aromatic carbocycles. The second-order valence-corrected chi connectivity index (χ2v) is 10.0. The van der Waals surface area contributed by atoms with Crippen LogP contribution in [0.4, 0.5) is 0 Å². The molecular formula is C26H29NO5. The van der Waals surface area contributed by atoms with Crippen molar-refractivity contribution < 1.29 is 24.2 Å². The van der Waals surface area contributed by atoms with Gasteiger partial charge in [0.05, 0.1) is 12.6 Å². The van der Waals surface area contributed by atoms with E-state index in [-0.39, 0.29) is 18.6 Å². The average molecular weight is 436 g/mol. The fourth-order valence-electron chi connectivity index (χ4n) is 5.91. The van der Waals surface area contributed by atoms with Crippen LogP contribution >= 0.6 is 0 Å². The highest BCUT2D eigenvalue weighted by molar-refractivity contribution is 6.07. The number of fused-ring (bicyclic) bond motifs is 3. The zero-order valence-corrected chi connectivity index (χ0v) is 18.7. The SMILES string of the molecule is CC(C)(C)OC(=O)[C@@]12C(=O)N3[C@@H](c4ccccc4)CO[C@]3(c3ccccc3)[C@@H]1C[C@H]2CO. The fraction of sp³-hybridized carbons (Fsp3) is 0.462. The molecule has 1 saturated carbocycles. The number of hydrogen-bond donors (Lipinski definition) is 1. The minimum Gasteiger partial charge on any atom is -0.459 e. The van der Waals surface area contributed by atoms with E-state index in [1.165, 1.54) is 0 Å². The Labute approximate surface area is 188 Å². The maximum Gasteiger partial charge on any atom is 0.323 e. The first-order chi connectivity index (χ1) is 15.3. The molecule has 1 amide bonds. The molecule has 6 heteroatoms. The molecule has 0 bridgehead atoms. The van der Waals surface area contributed by atoms with Crippen molar-refractivity contribution in [1.29, 1.82) is 0 Å². The smallest absolute Gasteiger partial charge is 0.323 e. The Balaban J connectivity index is 1.69. The summed E-state index contributed by atoms with van der Waals surface area (Å²) in [6.45, 7) is 5.46. The van der Waals surface area contributed by atoms with Crippen LogP contribution in [-0.4, -0.2) is 40.7 Å². The number of carbonyl (C=O) groups excluding carboxylic acids is 2. The highest BCUT2D eigenvalue weighted by Crippen LogP contribution is 2.70. The van der Waals surface area contributed by atoms with Gasteiger partial charge in [-0.25, -0.2) is 0 Å². The fourth-order valence-corrected chi connectivity index (χ4v) is 5.91. The lowest BCUT2D eigenvalue weighted by atomic mass is 9.51. The van der Waals surface area contributed by atoms with E-state index in [2.05, 4.69) is 0 Å². The molecular weight excluding hydrogens is 406 g/mol. The van der Waals surface area contributed by atoms with E-state index >= 15 is 0 Å². The van der Waals surface area contributed by atoms with Crippen molar-refractivity contribution in [2.24, 2.45) is 17.3 Å². The molecule has 2 heterocycles. The highest BCUT2D eigenvalue weighted by Gasteiger charge is 2.82. The molecule has 0 radical (unpaired) electrons. The second kappa shape index (κ2) is 7.15. The molecule has 3 aliphatic rings. The van der Waals surface area contributed by atoms with Crippen LogP contribution in [0.2, 0.25) is 0 Å². The molecule has 0 spiro atoms. The first-order valence-corrected chi connectivity index (χ1v) is 11.2. The molecule has 6 nitrogen and oxygen atoms in total. The van der Waals surface area contributed by atoms with Crippen molar-refractivity contribution in [2.45, 2.75) is 44.6 Å². The van der Waals surface area contributed by atoms with Gasteiger partial charge in [0.15, 0.2) is 11.1 Å². The lowest BCUT2D eigenvalue weighted by Crippen LogP contribution is -2.62. The van der Waals surface area contributed by atoms with Gasteiger partial charge >= 0.3 is 5.97 Å². The topological polar surface area (TPSA) is 76.1 Å². The first kappa shape index (κ1) is 21.2. The van der Waals surface area contributed by atoms with Gasteiger partial charge in [-0.3, -0.25) is 14.5 Å². The van der Waals surface area contributed by atoms with Gasteiger partial charge in [0.1, 0.15) is 5.60 Å². The van der Waals surface area contributed by atoms with Crippen molar-refractivity contribution in [3.63, 3.8) is 0 Å². The van der Waals surface area contributed by atoms with E-state index in [0.717, 1.165) is 11.1 Å². The van der Waals surface area contributed by atoms with Gasteiger partial charge in [-0.15, -0.1) is 0 Å². The normalized spacial score (nSPS) is 33.4. The number of nitrogens with zero attached hydrogens (tertiary/aromatic N) is 1. The lowest BCUT2D eigenvalue weighted by Gasteiger charge is -2.51. The molecule has 0 unspecified atom stereocenters. The molecule has 5 rings (SSSR count). The van der Waals surface area contributed by atoms with Crippen LogP contribution in [0.5, 0.6) is 0 Å². The van der Waals surface area contributed by atoms with Gasteiger partial charge in [0, 0.05) is 24.0 Å². The van der Waals surface area contributed by atoms with E-state index in [1.54, 1.807) is 25.7 Å². The molecule has 1 N–H and O–H groups in total. The second-order valence-electron chi connectivity index (χ2n) is 10.0. The van der Waals surface area contributed by atoms with Crippen molar-refractivity contribution in [3.05, 3.63) is 71.8 Å². The number of aliphatic hydroxyl groups excluding tert-OH is 1. The van der Waals surface area contributed by atoms with Gasteiger partial charge in [-0.2, -0.15) is 0 Å². The maximum absolute atomic E-state index is 14.3. The number of esters is 1. The zero-order valence-electron chi connectivity index (χ0n) is 18.7. The Kier molecular flexibility index (Phi) is 4.73. The number of hydrogen-bond acceptors (Lipinski definition) is 5. The predicted molar refractivity (Wildman–Crippen MR) is 117 cm³/mol. The Morgan fingerprint density at radius 1 is 1.12 bits per heavy atom. The number of benzene rings is 2. The molecule has 2 aliphatic heterocycles. The summed E-state index contributed by atoms with van der Waals surface area (Å²) in [5.74, 6) is -1.81. The van der Waals surface area contributed by atoms with Gasteiger partial charge < -0.3 is 14.6 Å². The van der Waals surface area contributed by atoms with Crippen LogP contribution in [-0.2, 0) is 24.8 Å². The highest BCUT2D eigenvalue weighted by atomic mass is 16.6. The van der Waals surface area contributed by atoms with E-state index in [1.807, 2.05) is 60.7 Å².